The number of hydrogen-bond acceptors (Lipinski definition) is 11. The fourth-order valence-electron chi connectivity index (χ4n) is 6.80. The lowest BCUT2D eigenvalue weighted by molar-refractivity contribution is 0.0556. The molecule has 2 atom stereocenters. The van der Waals surface area contributed by atoms with Crippen molar-refractivity contribution in [3.8, 4) is 34.2 Å². The summed E-state index contributed by atoms with van der Waals surface area (Å²) < 4.78 is 33.6. The van der Waals surface area contributed by atoms with E-state index in [-0.39, 0.29) is 46.2 Å². The van der Waals surface area contributed by atoms with Crippen LogP contribution in [0, 0.1) is 11.3 Å². The van der Waals surface area contributed by atoms with Gasteiger partial charge in [0.2, 0.25) is 5.82 Å². The number of fused-ring (bicyclic) bond motifs is 3. The normalized spacial score (nSPS) is 19.3. The number of hydrogen-bond donors (Lipinski definition) is 2. The van der Waals surface area contributed by atoms with Gasteiger partial charge in [-0.25, -0.2) is 18.4 Å². The van der Waals surface area contributed by atoms with Crippen LogP contribution in [-0.2, 0) is 9.84 Å². The number of methoxy groups -OCH3 is 1. The number of ether oxygens (including phenoxy) is 1. The first-order chi connectivity index (χ1) is 22.2. The van der Waals surface area contributed by atoms with Crippen molar-refractivity contribution in [2.45, 2.75) is 55.5 Å². The molecule has 6 heterocycles. The molecule has 2 bridgehead atoms. The second-order valence-corrected chi connectivity index (χ2v) is 13.7. The van der Waals surface area contributed by atoms with Crippen LogP contribution in [0.2, 0.25) is 0 Å². The minimum atomic E-state index is -3.78. The average molecular weight is 639 g/mol. The molecule has 1 amide bonds. The Morgan fingerprint density at radius 2 is 1.89 bits per heavy atom. The van der Waals surface area contributed by atoms with Gasteiger partial charge in [-0.2, -0.15) is 20.0 Å². The van der Waals surface area contributed by atoms with Gasteiger partial charge in [-0.1, -0.05) is 13.0 Å². The predicted molar refractivity (Wildman–Crippen MR) is 166 cm³/mol. The zero-order chi connectivity index (χ0) is 32.2. The topological polar surface area (TPSA) is 198 Å². The van der Waals surface area contributed by atoms with E-state index in [9.17, 15) is 18.5 Å². The molecule has 14 nitrogen and oxygen atoms in total. The van der Waals surface area contributed by atoms with Crippen molar-refractivity contribution in [1.82, 2.24) is 39.7 Å². The summed E-state index contributed by atoms with van der Waals surface area (Å²) in [7, 11) is -2.26. The lowest BCUT2D eigenvalue weighted by atomic mass is 9.87. The van der Waals surface area contributed by atoms with E-state index in [4.69, 9.17) is 15.5 Å². The number of rotatable bonds is 7. The molecule has 15 heteroatoms. The summed E-state index contributed by atoms with van der Waals surface area (Å²) in [5.74, 6) is 0.0822. The zero-order valence-corrected chi connectivity index (χ0v) is 25.9. The van der Waals surface area contributed by atoms with Gasteiger partial charge in [-0.15, -0.1) is 0 Å². The maximum atomic E-state index is 13.5. The molecule has 2 aliphatic rings. The van der Waals surface area contributed by atoms with Crippen LogP contribution < -0.4 is 10.5 Å². The fraction of sp³-hybridized carbons (Fsp3) is 0.323. The molecule has 4 aromatic heterocycles. The molecule has 46 heavy (non-hydrogen) atoms. The fourth-order valence-corrected chi connectivity index (χ4v) is 8.03. The first-order valence-corrected chi connectivity index (χ1v) is 16.5. The highest BCUT2D eigenvalue weighted by atomic mass is 32.2. The minimum absolute atomic E-state index is 0.00200. The maximum Gasteiger partial charge on any atom is 0.291 e. The maximum absolute atomic E-state index is 13.5. The predicted octanol–water partition coefficient (Wildman–Crippen LogP) is 3.38. The SMILES string of the molecule is CCS(=O)(=O)c1c(C2CC3CCC(C2)N3C(=O)c2ncn[nH]2)nc2c(-c3ccc(-c4ccc(OC)c(C#N)c4)nc3)cnn2c1N. The molecule has 1 aromatic carbocycles. The molecule has 2 unspecified atom stereocenters. The number of anilines is 1. The molecule has 0 saturated carbocycles. The number of aromatic amines is 1. The number of pyridine rings is 1. The summed E-state index contributed by atoms with van der Waals surface area (Å²) in [6, 6.07) is 10.9. The molecule has 2 fully saturated rings. The Morgan fingerprint density at radius 1 is 1.13 bits per heavy atom. The summed E-state index contributed by atoms with van der Waals surface area (Å²) >= 11 is 0. The van der Waals surface area contributed by atoms with Crippen LogP contribution in [0.5, 0.6) is 5.75 Å². The van der Waals surface area contributed by atoms with Crippen LogP contribution >= 0.6 is 0 Å². The number of benzene rings is 1. The number of carbonyl (C=O) groups is 1. The summed E-state index contributed by atoms with van der Waals surface area (Å²) in [6.45, 7) is 1.58. The van der Waals surface area contributed by atoms with Gasteiger partial charge in [0.1, 0.15) is 28.9 Å². The Labute approximate surface area is 264 Å². The van der Waals surface area contributed by atoms with Gasteiger partial charge in [0.05, 0.1) is 36.0 Å². The summed E-state index contributed by atoms with van der Waals surface area (Å²) in [5, 5.41) is 20.4. The first-order valence-electron chi connectivity index (χ1n) is 14.9. The number of nitrogen functional groups attached to an aromatic ring is 1. The Bertz CT molecular complexity index is 2110. The third-order valence-electron chi connectivity index (χ3n) is 9.02. The third-order valence-corrected chi connectivity index (χ3v) is 10.8. The number of aromatic nitrogens is 7. The minimum Gasteiger partial charge on any atom is -0.495 e. The number of nitrogens with one attached hydrogen (secondary N) is 1. The van der Waals surface area contributed by atoms with E-state index in [1.165, 1.54) is 18.0 Å². The molecule has 2 saturated heterocycles. The van der Waals surface area contributed by atoms with E-state index in [0.29, 0.717) is 52.3 Å². The van der Waals surface area contributed by atoms with E-state index in [0.717, 1.165) is 18.4 Å². The van der Waals surface area contributed by atoms with Crippen LogP contribution in [0.4, 0.5) is 5.82 Å². The smallest absolute Gasteiger partial charge is 0.291 e. The Kier molecular flexibility index (Phi) is 7.16. The standard InChI is InChI=1S/C31H30N10O4S/c1-3-46(43,44)27-26(19-11-21-6-7-22(12-19)40(21)31(42)29-35-16-36-39-29)38-30-23(15-37-41(30)28(27)33)18-4-8-24(34-14-18)17-5-9-25(45-2)20(10-17)13-32/h4-5,8-10,14-16,19,21-22H,3,6-7,11-12,33H2,1-2H3,(H,35,36,39). The van der Waals surface area contributed by atoms with Crippen molar-refractivity contribution in [3.63, 3.8) is 0 Å². The van der Waals surface area contributed by atoms with Crippen LogP contribution in [0.1, 0.15) is 60.4 Å². The molecule has 5 aromatic rings. The van der Waals surface area contributed by atoms with Crippen molar-refractivity contribution >= 4 is 27.2 Å². The van der Waals surface area contributed by atoms with Gasteiger partial charge in [0.15, 0.2) is 15.5 Å². The van der Waals surface area contributed by atoms with E-state index in [1.54, 1.807) is 31.5 Å². The summed E-state index contributed by atoms with van der Waals surface area (Å²) in [6.07, 6.45) is 7.27. The van der Waals surface area contributed by atoms with Crippen LogP contribution in [-0.4, -0.2) is 78.9 Å². The lowest BCUT2D eigenvalue weighted by Gasteiger charge is -2.38. The van der Waals surface area contributed by atoms with Crippen molar-refractivity contribution < 1.29 is 17.9 Å². The Morgan fingerprint density at radius 3 is 2.52 bits per heavy atom. The number of nitrogens with two attached hydrogens (primary N) is 1. The Hall–Kier alpha value is -5.36. The summed E-state index contributed by atoms with van der Waals surface area (Å²) in [5.41, 5.74) is 10.6. The summed E-state index contributed by atoms with van der Waals surface area (Å²) in [4.78, 5) is 28.7. The molecule has 0 radical (unpaired) electrons. The van der Waals surface area contributed by atoms with Crippen LogP contribution in [0.3, 0.4) is 0 Å². The molecule has 2 aliphatic heterocycles. The number of carbonyl (C=O) groups excluding carboxylic acids is 1. The third kappa shape index (κ3) is 4.72. The van der Waals surface area contributed by atoms with E-state index < -0.39 is 9.84 Å². The van der Waals surface area contributed by atoms with Gasteiger partial charge in [0, 0.05) is 40.9 Å². The highest BCUT2D eigenvalue weighted by molar-refractivity contribution is 7.91. The zero-order valence-electron chi connectivity index (χ0n) is 25.1. The number of amides is 1. The second-order valence-electron chi connectivity index (χ2n) is 11.5. The van der Waals surface area contributed by atoms with Gasteiger partial charge in [0.25, 0.3) is 5.91 Å². The van der Waals surface area contributed by atoms with E-state index in [2.05, 4.69) is 31.3 Å². The molecule has 7 rings (SSSR count). The highest BCUT2D eigenvalue weighted by Gasteiger charge is 2.46. The average Bonchev–Trinajstić information content (AvgIpc) is 3.82. The van der Waals surface area contributed by atoms with Crippen molar-refractivity contribution in [3.05, 3.63) is 66.1 Å². The second kappa shape index (κ2) is 11.2. The van der Waals surface area contributed by atoms with Gasteiger partial charge >= 0.3 is 0 Å². The number of sulfone groups is 1. The van der Waals surface area contributed by atoms with Gasteiger partial charge in [-0.3, -0.25) is 14.9 Å². The largest absolute Gasteiger partial charge is 0.495 e. The van der Waals surface area contributed by atoms with Crippen molar-refractivity contribution in [2.24, 2.45) is 0 Å². The molecule has 0 spiro atoms. The molecule has 234 valence electrons. The van der Waals surface area contributed by atoms with Crippen molar-refractivity contribution in [2.75, 3.05) is 18.6 Å². The number of nitriles is 1. The number of H-pyrrole nitrogens is 1. The van der Waals surface area contributed by atoms with Crippen molar-refractivity contribution in [1.29, 1.82) is 5.26 Å². The highest BCUT2D eigenvalue weighted by Crippen LogP contribution is 2.46. The van der Waals surface area contributed by atoms with E-state index >= 15 is 0 Å². The Balaban J connectivity index is 1.27. The monoisotopic (exact) mass is 638 g/mol. The lowest BCUT2D eigenvalue weighted by Crippen LogP contribution is -2.46. The van der Waals surface area contributed by atoms with Crippen LogP contribution in [0.15, 0.2) is 53.9 Å². The van der Waals surface area contributed by atoms with E-state index in [1.807, 2.05) is 23.1 Å². The first kappa shape index (κ1) is 29.4. The molecular formula is C31H30N10O4S. The quantitative estimate of drug-likeness (QED) is 0.265. The van der Waals surface area contributed by atoms with Crippen LogP contribution in [0.25, 0.3) is 28.0 Å². The van der Waals surface area contributed by atoms with Gasteiger partial charge < -0.3 is 15.4 Å². The molecular weight excluding hydrogens is 608 g/mol. The number of piperidine rings is 1. The molecule has 0 aliphatic carbocycles. The molecule has 3 N–H and O–H groups in total. The van der Waals surface area contributed by atoms with Gasteiger partial charge in [-0.05, 0) is 49.9 Å². The number of nitrogens with zero attached hydrogens (tertiary/aromatic N) is 8.